The lowest BCUT2D eigenvalue weighted by molar-refractivity contribution is 0.160. The maximum Gasteiger partial charge on any atom is 0.281 e. The molecule has 1 aliphatic rings. The highest BCUT2D eigenvalue weighted by atomic mass is 32.2. The van der Waals surface area contributed by atoms with Crippen molar-refractivity contribution in [3.05, 3.63) is 11.7 Å². The number of piperazine rings is 1. The topological polar surface area (TPSA) is 82.8 Å². The second-order valence-electron chi connectivity index (χ2n) is 4.92. The zero-order valence-corrected chi connectivity index (χ0v) is 12.9. The van der Waals surface area contributed by atoms with Crippen molar-refractivity contribution in [3.8, 4) is 0 Å². The van der Waals surface area contributed by atoms with Gasteiger partial charge in [-0.05, 0) is 0 Å². The first-order valence-corrected chi connectivity index (χ1v) is 8.04. The molecule has 114 valence electrons. The molecule has 2 rings (SSSR count). The Morgan fingerprint density at radius 1 is 1.25 bits per heavy atom. The fraction of sp³-hybridized carbons (Fsp3) is 0.818. The van der Waals surface area contributed by atoms with Crippen LogP contribution in [-0.2, 0) is 23.2 Å². The summed E-state index contributed by atoms with van der Waals surface area (Å²) in [6, 6.07) is 0. The third-order valence-corrected chi connectivity index (χ3v) is 5.24. The normalized spacial score (nSPS) is 18.8. The Morgan fingerprint density at radius 3 is 2.40 bits per heavy atom. The number of aryl methyl sites for hydroxylation is 1. The van der Waals surface area contributed by atoms with E-state index in [0.717, 1.165) is 6.42 Å². The summed E-state index contributed by atoms with van der Waals surface area (Å²) in [5, 5.41) is 3.85. The number of hydrogen-bond donors (Lipinski definition) is 0. The van der Waals surface area contributed by atoms with E-state index in [0.29, 0.717) is 44.4 Å². The van der Waals surface area contributed by atoms with Gasteiger partial charge in [-0.2, -0.15) is 22.0 Å². The number of hydrogen-bond acceptors (Lipinski definition) is 6. The van der Waals surface area contributed by atoms with Crippen LogP contribution in [0.4, 0.5) is 0 Å². The second-order valence-corrected chi connectivity index (χ2v) is 7.07. The average molecular weight is 303 g/mol. The average Bonchev–Trinajstić information content (AvgIpc) is 2.87. The van der Waals surface area contributed by atoms with Gasteiger partial charge in [0, 0.05) is 46.7 Å². The van der Waals surface area contributed by atoms with Crippen LogP contribution < -0.4 is 0 Å². The molecule has 0 atom stereocenters. The van der Waals surface area contributed by atoms with Gasteiger partial charge in [-0.25, -0.2) is 0 Å². The molecule has 0 unspecified atom stereocenters. The van der Waals surface area contributed by atoms with Crippen LogP contribution in [0.2, 0.25) is 0 Å². The van der Waals surface area contributed by atoms with Crippen molar-refractivity contribution in [1.29, 1.82) is 0 Å². The number of rotatable bonds is 5. The van der Waals surface area contributed by atoms with Crippen LogP contribution in [0.25, 0.3) is 0 Å². The molecule has 1 aliphatic heterocycles. The molecule has 0 bridgehead atoms. The Morgan fingerprint density at radius 2 is 1.90 bits per heavy atom. The number of aromatic nitrogens is 2. The molecule has 0 radical (unpaired) electrons. The van der Waals surface area contributed by atoms with Crippen molar-refractivity contribution < 1.29 is 12.9 Å². The van der Waals surface area contributed by atoms with Gasteiger partial charge in [0.15, 0.2) is 5.82 Å². The highest BCUT2D eigenvalue weighted by Gasteiger charge is 2.28. The molecule has 8 nitrogen and oxygen atoms in total. The van der Waals surface area contributed by atoms with Gasteiger partial charge in [0.1, 0.15) is 0 Å². The predicted octanol–water partition coefficient (Wildman–Crippen LogP) is -0.444. The Balaban J connectivity index is 1.88. The lowest BCUT2D eigenvalue weighted by atomic mass is 10.3. The smallest absolute Gasteiger partial charge is 0.281 e. The minimum atomic E-state index is -3.31. The molecule has 0 aromatic carbocycles. The largest absolute Gasteiger partial charge is 0.338 e. The molecule has 9 heteroatoms. The van der Waals surface area contributed by atoms with E-state index in [4.69, 9.17) is 4.52 Å². The SMILES string of the molecule is CCc1noc(CN2CCN(S(=O)(=O)N(C)C)CC2)n1. The van der Waals surface area contributed by atoms with Gasteiger partial charge in [-0.3, -0.25) is 4.90 Å². The molecule has 0 saturated carbocycles. The molecular formula is C11H21N5O3S. The standard InChI is InChI=1S/C11H21N5O3S/c1-4-10-12-11(19-13-10)9-15-5-7-16(8-6-15)20(17,18)14(2)3/h4-9H2,1-3H3. The Hall–Kier alpha value is -1.03. The molecule has 20 heavy (non-hydrogen) atoms. The summed E-state index contributed by atoms with van der Waals surface area (Å²) in [5.41, 5.74) is 0. The van der Waals surface area contributed by atoms with E-state index in [9.17, 15) is 8.42 Å². The van der Waals surface area contributed by atoms with Crippen LogP contribution in [0, 0.1) is 0 Å². The second kappa shape index (κ2) is 6.17. The molecular weight excluding hydrogens is 282 g/mol. The summed E-state index contributed by atoms with van der Waals surface area (Å²) < 4.78 is 31.9. The molecule has 1 saturated heterocycles. The summed E-state index contributed by atoms with van der Waals surface area (Å²) >= 11 is 0. The van der Waals surface area contributed by atoms with Crippen molar-refractivity contribution >= 4 is 10.2 Å². The van der Waals surface area contributed by atoms with E-state index in [1.165, 1.54) is 8.61 Å². The van der Waals surface area contributed by atoms with Crippen LogP contribution in [0.5, 0.6) is 0 Å². The van der Waals surface area contributed by atoms with Crippen LogP contribution in [0.3, 0.4) is 0 Å². The third-order valence-electron chi connectivity index (χ3n) is 3.30. The van der Waals surface area contributed by atoms with E-state index < -0.39 is 10.2 Å². The Kier molecular flexibility index (Phi) is 4.74. The summed E-state index contributed by atoms with van der Waals surface area (Å²) in [7, 11) is -0.211. The van der Waals surface area contributed by atoms with Crippen molar-refractivity contribution in [2.24, 2.45) is 0 Å². The molecule has 1 aromatic rings. The summed E-state index contributed by atoms with van der Waals surface area (Å²) in [6.07, 6.45) is 0.748. The highest BCUT2D eigenvalue weighted by Crippen LogP contribution is 2.12. The Bertz CT molecular complexity index is 534. The molecule has 0 amide bonds. The van der Waals surface area contributed by atoms with E-state index in [1.54, 1.807) is 14.1 Å². The van der Waals surface area contributed by atoms with E-state index in [1.807, 2.05) is 6.92 Å². The minimum Gasteiger partial charge on any atom is -0.338 e. The van der Waals surface area contributed by atoms with Gasteiger partial charge in [-0.15, -0.1) is 0 Å². The van der Waals surface area contributed by atoms with E-state index in [2.05, 4.69) is 15.0 Å². The summed E-state index contributed by atoms with van der Waals surface area (Å²) in [4.78, 5) is 6.38. The quantitative estimate of drug-likeness (QED) is 0.733. The Labute approximate surface area is 119 Å². The van der Waals surface area contributed by atoms with Crippen LogP contribution >= 0.6 is 0 Å². The maximum absolute atomic E-state index is 12.0. The third kappa shape index (κ3) is 3.35. The lowest BCUT2D eigenvalue weighted by Gasteiger charge is -2.34. The maximum atomic E-state index is 12.0. The van der Waals surface area contributed by atoms with Crippen molar-refractivity contribution in [3.63, 3.8) is 0 Å². The molecule has 2 heterocycles. The highest BCUT2D eigenvalue weighted by molar-refractivity contribution is 7.86. The predicted molar refractivity (Wildman–Crippen MR) is 73.1 cm³/mol. The van der Waals surface area contributed by atoms with Gasteiger partial charge in [0.2, 0.25) is 5.89 Å². The molecule has 0 aliphatic carbocycles. The first-order valence-electron chi connectivity index (χ1n) is 6.65. The van der Waals surface area contributed by atoms with Gasteiger partial charge < -0.3 is 4.52 Å². The lowest BCUT2D eigenvalue weighted by Crippen LogP contribution is -2.51. The van der Waals surface area contributed by atoms with Crippen LogP contribution in [0.1, 0.15) is 18.6 Å². The fourth-order valence-electron chi connectivity index (χ4n) is 2.04. The minimum absolute atomic E-state index is 0.481. The zero-order chi connectivity index (χ0) is 14.8. The first kappa shape index (κ1) is 15.4. The van der Waals surface area contributed by atoms with E-state index in [-0.39, 0.29) is 0 Å². The summed E-state index contributed by atoms with van der Waals surface area (Å²) in [6.45, 7) is 4.83. The fourth-order valence-corrected chi connectivity index (χ4v) is 3.13. The molecule has 1 fully saturated rings. The van der Waals surface area contributed by atoms with Crippen molar-refractivity contribution in [2.45, 2.75) is 19.9 Å². The van der Waals surface area contributed by atoms with Gasteiger partial charge in [-0.1, -0.05) is 12.1 Å². The van der Waals surface area contributed by atoms with E-state index >= 15 is 0 Å². The summed E-state index contributed by atoms with van der Waals surface area (Å²) in [5.74, 6) is 1.29. The van der Waals surface area contributed by atoms with Crippen LogP contribution in [-0.4, -0.2) is 72.3 Å². The first-order chi connectivity index (χ1) is 9.43. The molecule has 1 aromatic heterocycles. The van der Waals surface area contributed by atoms with Crippen LogP contribution in [0.15, 0.2) is 4.52 Å². The number of nitrogens with zero attached hydrogens (tertiary/aromatic N) is 5. The molecule has 0 spiro atoms. The van der Waals surface area contributed by atoms with Gasteiger partial charge >= 0.3 is 0 Å². The zero-order valence-electron chi connectivity index (χ0n) is 12.1. The monoisotopic (exact) mass is 303 g/mol. The molecule has 0 N–H and O–H groups in total. The van der Waals surface area contributed by atoms with Crippen molar-refractivity contribution in [1.82, 2.24) is 23.7 Å². The van der Waals surface area contributed by atoms with Gasteiger partial charge in [0.25, 0.3) is 10.2 Å². The van der Waals surface area contributed by atoms with Gasteiger partial charge in [0.05, 0.1) is 6.54 Å². The van der Waals surface area contributed by atoms with Crippen molar-refractivity contribution in [2.75, 3.05) is 40.3 Å².